The molecule has 0 spiro atoms. The number of rotatable bonds is 3. The molecular weight excluding hydrogens is 304 g/mol. The fourth-order valence-corrected chi connectivity index (χ4v) is 3.11. The van der Waals surface area contributed by atoms with Crippen molar-refractivity contribution in [1.29, 1.82) is 0 Å². The molecule has 0 N–H and O–H groups in total. The minimum absolute atomic E-state index is 0.0129. The Morgan fingerprint density at radius 2 is 2.08 bits per heavy atom. The van der Waals surface area contributed by atoms with Crippen LogP contribution in [-0.2, 0) is 0 Å². The van der Waals surface area contributed by atoms with Crippen molar-refractivity contribution in [3.63, 3.8) is 0 Å². The van der Waals surface area contributed by atoms with Crippen LogP contribution < -0.4 is 4.74 Å². The zero-order valence-corrected chi connectivity index (χ0v) is 14.3. The lowest BCUT2D eigenvalue weighted by Crippen LogP contribution is -2.49. The highest BCUT2D eigenvalue weighted by Gasteiger charge is 2.31. The van der Waals surface area contributed by atoms with Crippen molar-refractivity contribution in [2.75, 3.05) is 33.8 Å². The van der Waals surface area contributed by atoms with Crippen LogP contribution in [0.2, 0.25) is 0 Å². The van der Waals surface area contributed by atoms with E-state index in [9.17, 15) is 4.79 Å². The lowest BCUT2D eigenvalue weighted by Gasteiger charge is -2.40. The number of piperazine rings is 1. The maximum atomic E-state index is 12.9. The molecule has 6 nitrogen and oxygen atoms in total. The van der Waals surface area contributed by atoms with Gasteiger partial charge in [0.25, 0.3) is 5.91 Å². The third-order valence-electron chi connectivity index (χ3n) is 4.58. The fourth-order valence-electron chi connectivity index (χ4n) is 3.11. The number of methoxy groups -OCH3 is 1. The van der Waals surface area contributed by atoms with E-state index in [1.807, 2.05) is 30.0 Å². The Kier molecular flexibility index (Phi) is 4.76. The van der Waals surface area contributed by atoms with E-state index in [-0.39, 0.29) is 11.9 Å². The Balaban J connectivity index is 1.86. The smallest absolute Gasteiger partial charge is 0.257 e. The first-order chi connectivity index (χ1) is 11.6. The molecule has 1 aromatic carbocycles. The molecule has 0 aliphatic carbocycles. The quantitative estimate of drug-likeness (QED) is 0.862. The van der Waals surface area contributed by atoms with E-state index in [2.05, 4.69) is 28.0 Å². The van der Waals surface area contributed by atoms with Crippen LogP contribution in [0.15, 0.2) is 36.8 Å². The number of carbonyl (C=O) groups excluding carboxylic acids is 1. The van der Waals surface area contributed by atoms with Crippen LogP contribution in [0, 0.1) is 6.92 Å². The molecule has 126 valence electrons. The van der Waals surface area contributed by atoms with Gasteiger partial charge < -0.3 is 9.64 Å². The van der Waals surface area contributed by atoms with Gasteiger partial charge in [-0.15, -0.1) is 0 Å². The van der Waals surface area contributed by atoms with Gasteiger partial charge in [-0.1, -0.05) is 18.2 Å². The lowest BCUT2D eigenvalue weighted by atomic mass is 10.0. The van der Waals surface area contributed by atoms with E-state index < -0.39 is 0 Å². The zero-order valence-electron chi connectivity index (χ0n) is 14.3. The van der Waals surface area contributed by atoms with Gasteiger partial charge in [-0.25, -0.2) is 9.97 Å². The third kappa shape index (κ3) is 3.10. The van der Waals surface area contributed by atoms with Gasteiger partial charge in [0.15, 0.2) is 0 Å². The van der Waals surface area contributed by atoms with E-state index in [1.54, 1.807) is 13.3 Å². The molecule has 24 heavy (non-hydrogen) atoms. The molecule has 6 heteroatoms. The predicted octanol–water partition coefficient (Wildman–Crippen LogP) is 1.92. The van der Waals surface area contributed by atoms with E-state index >= 15 is 0 Å². The Bertz CT molecular complexity index is 734. The van der Waals surface area contributed by atoms with Crippen LogP contribution in [0.5, 0.6) is 5.75 Å². The Labute approximate surface area is 142 Å². The van der Waals surface area contributed by atoms with Crippen molar-refractivity contribution in [1.82, 2.24) is 19.8 Å². The second kappa shape index (κ2) is 6.97. The van der Waals surface area contributed by atoms with E-state index in [4.69, 9.17) is 4.74 Å². The number of ether oxygens (including phenoxy) is 1. The number of benzene rings is 1. The summed E-state index contributed by atoms with van der Waals surface area (Å²) in [4.78, 5) is 25.1. The highest BCUT2D eigenvalue weighted by Crippen LogP contribution is 2.31. The number of carbonyl (C=O) groups is 1. The van der Waals surface area contributed by atoms with Gasteiger partial charge in [0.05, 0.1) is 24.4 Å². The standard InChI is InChI=1S/C18H22N4O2/c1-13-15(10-19-12-20-13)18(23)22-9-8-21(2)16(11-22)14-6-4-5-7-17(14)24-3/h4-7,10,12,16H,8-9,11H2,1-3H3. The Hall–Kier alpha value is -2.47. The van der Waals surface area contributed by atoms with Gasteiger partial charge in [0.1, 0.15) is 12.1 Å². The number of aromatic nitrogens is 2. The van der Waals surface area contributed by atoms with Crippen molar-refractivity contribution in [2.45, 2.75) is 13.0 Å². The highest BCUT2D eigenvalue weighted by molar-refractivity contribution is 5.95. The number of hydrogen-bond donors (Lipinski definition) is 0. The number of hydrogen-bond acceptors (Lipinski definition) is 5. The summed E-state index contributed by atoms with van der Waals surface area (Å²) in [6.45, 7) is 3.95. The van der Waals surface area contributed by atoms with Crippen LogP contribution in [0.3, 0.4) is 0 Å². The molecule has 0 saturated carbocycles. The van der Waals surface area contributed by atoms with Crippen molar-refractivity contribution < 1.29 is 9.53 Å². The molecule has 1 fully saturated rings. The molecule has 2 heterocycles. The minimum Gasteiger partial charge on any atom is -0.496 e. The van der Waals surface area contributed by atoms with E-state index in [0.29, 0.717) is 24.3 Å². The number of nitrogens with zero attached hydrogens (tertiary/aromatic N) is 4. The SMILES string of the molecule is COc1ccccc1C1CN(C(=O)c2cncnc2C)CCN1C. The normalized spacial score (nSPS) is 18.5. The molecular formula is C18H22N4O2. The summed E-state index contributed by atoms with van der Waals surface area (Å²) >= 11 is 0. The fraction of sp³-hybridized carbons (Fsp3) is 0.389. The van der Waals surface area contributed by atoms with Crippen LogP contribution in [0.25, 0.3) is 0 Å². The predicted molar refractivity (Wildman–Crippen MR) is 91.0 cm³/mol. The summed E-state index contributed by atoms with van der Waals surface area (Å²) in [6, 6.07) is 8.08. The van der Waals surface area contributed by atoms with Crippen LogP contribution in [0.4, 0.5) is 0 Å². The van der Waals surface area contributed by atoms with E-state index in [1.165, 1.54) is 6.33 Å². The number of aryl methyl sites for hydroxylation is 1. The molecule has 1 amide bonds. The monoisotopic (exact) mass is 326 g/mol. The van der Waals surface area contributed by atoms with Crippen LogP contribution >= 0.6 is 0 Å². The molecule has 1 aliphatic heterocycles. The topological polar surface area (TPSA) is 58.6 Å². The van der Waals surface area contributed by atoms with Crippen molar-refractivity contribution in [3.8, 4) is 5.75 Å². The molecule has 1 unspecified atom stereocenters. The highest BCUT2D eigenvalue weighted by atomic mass is 16.5. The molecule has 2 aromatic rings. The maximum absolute atomic E-state index is 12.9. The summed E-state index contributed by atoms with van der Waals surface area (Å²) in [5.41, 5.74) is 2.38. The van der Waals surface area contributed by atoms with Crippen molar-refractivity contribution in [2.24, 2.45) is 0 Å². The summed E-state index contributed by atoms with van der Waals surface area (Å²) in [5, 5.41) is 0. The summed E-state index contributed by atoms with van der Waals surface area (Å²) in [6.07, 6.45) is 3.06. The average Bonchev–Trinajstić information content (AvgIpc) is 2.62. The minimum atomic E-state index is -0.0129. The number of likely N-dealkylation sites (N-methyl/N-ethyl adjacent to an activating group) is 1. The summed E-state index contributed by atoms with van der Waals surface area (Å²) in [7, 11) is 3.76. The molecule has 1 aliphatic rings. The first-order valence-corrected chi connectivity index (χ1v) is 8.01. The van der Waals surface area contributed by atoms with Crippen LogP contribution in [0.1, 0.15) is 27.7 Å². The zero-order chi connectivity index (χ0) is 17.1. The first kappa shape index (κ1) is 16.4. The summed E-state index contributed by atoms with van der Waals surface area (Å²) in [5.74, 6) is 0.837. The van der Waals surface area contributed by atoms with Crippen molar-refractivity contribution >= 4 is 5.91 Å². The maximum Gasteiger partial charge on any atom is 0.257 e. The first-order valence-electron chi connectivity index (χ1n) is 8.01. The van der Waals surface area contributed by atoms with Gasteiger partial charge in [-0.05, 0) is 20.0 Å². The molecule has 1 aromatic heterocycles. The van der Waals surface area contributed by atoms with Crippen molar-refractivity contribution in [3.05, 3.63) is 53.6 Å². The van der Waals surface area contributed by atoms with Gasteiger partial charge in [-0.3, -0.25) is 9.69 Å². The molecule has 0 bridgehead atoms. The third-order valence-corrected chi connectivity index (χ3v) is 4.58. The van der Waals surface area contributed by atoms with Crippen LogP contribution in [-0.4, -0.2) is 59.5 Å². The van der Waals surface area contributed by atoms with Gasteiger partial charge in [-0.2, -0.15) is 0 Å². The Morgan fingerprint density at radius 1 is 1.29 bits per heavy atom. The van der Waals surface area contributed by atoms with Gasteiger partial charge >= 0.3 is 0 Å². The molecule has 1 saturated heterocycles. The number of amides is 1. The molecule has 0 radical (unpaired) electrons. The summed E-state index contributed by atoms with van der Waals surface area (Å²) < 4.78 is 5.50. The molecule has 1 atom stereocenters. The number of para-hydroxylation sites is 1. The van der Waals surface area contributed by atoms with Gasteiger partial charge in [0, 0.05) is 31.4 Å². The lowest BCUT2D eigenvalue weighted by molar-refractivity contribution is 0.0540. The Morgan fingerprint density at radius 3 is 2.83 bits per heavy atom. The second-order valence-electron chi connectivity index (χ2n) is 6.01. The average molecular weight is 326 g/mol. The largest absolute Gasteiger partial charge is 0.496 e. The van der Waals surface area contributed by atoms with Gasteiger partial charge in [0.2, 0.25) is 0 Å². The second-order valence-corrected chi connectivity index (χ2v) is 6.01. The van der Waals surface area contributed by atoms with E-state index in [0.717, 1.165) is 17.9 Å². The molecule has 3 rings (SSSR count).